The maximum atomic E-state index is 5.83. The summed E-state index contributed by atoms with van der Waals surface area (Å²) >= 11 is 1.74. The van der Waals surface area contributed by atoms with Crippen molar-refractivity contribution < 1.29 is 0 Å². The van der Waals surface area contributed by atoms with Crippen LogP contribution >= 0.6 is 11.3 Å². The van der Waals surface area contributed by atoms with E-state index in [4.69, 9.17) is 5.73 Å². The lowest BCUT2D eigenvalue weighted by molar-refractivity contribution is 0.104. The first-order chi connectivity index (χ1) is 7.83. The fraction of sp³-hybridized carbons (Fsp3) is 0.727. The summed E-state index contributed by atoms with van der Waals surface area (Å²) in [6.07, 6.45) is 4.27. The molecule has 16 heavy (non-hydrogen) atoms. The second kappa shape index (κ2) is 4.31. The lowest BCUT2D eigenvalue weighted by Crippen LogP contribution is -2.56. The normalized spacial score (nSPS) is 31.4. The Morgan fingerprint density at radius 3 is 2.56 bits per heavy atom. The van der Waals surface area contributed by atoms with E-state index in [9.17, 15) is 0 Å². The maximum Gasteiger partial charge on any atom is 0.185 e. The van der Waals surface area contributed by atoms with Crippen LogP contribution < -0.4 is 10.6 Å². The molecule has 0 bridgehead atoms. The van der Waals surface area contributed by atoms with Crippen LogP contribution in [0.25, 0.3) is 0 Å². The van der Waals surface area contributed by atoms with E-state index in [1.807, 2.05) is 11.6 Å². The van der Waals surface area contributed by atoms with Gasteiger partial charge in [-0.15, -0.1) is 11.3 Å². The Morgan fingerprint density at radius 2 is 2.00 bits per heavy atom. The summed E-state index contributed by atoms with van der Waals surface area (Å²) in [6, 6.07) is 1.22. The Labute approximate surface area is 100 Å². The van der Waals surface area contributed by atoms with Crippen molar-refractivity contribution in [2.45, 2.75) is 24.9 Å². The molecule has 1 saturated carbocycles. The highest BCUT2D eigenvalue weighted by Crippen LogP contribution is 2.26. The third kappa shape index (κ3) is 1.95. The Kier molecular flexibility index (Phi) is 2.83. The van der Waals surface area contributed by atoms with Gasteiger partial charge in [0.25, 0.3) is 0 Å². The fourth-order valence-corrected chi connectivity index (χ4v) is 3.28. The Bertz CT molecular complexity index is 326. The number of piperazine rings is 1. The monoisotopic (exact) mass is 238 g/mol. The molecule has 2 heterocycles. The van der Waals surface area contributed by atoms with Crippen LogP contribution in [0.15, 0.2) is 11.6 Å². The molecular weight excluding hydrogens is 220 g/mol. The summed E-state index contributed by atoms with van der Waals surface area (Å²) in [5.74, 6) is 0. The van der Waals surface area contributed by atoms with E-state index in [-0.39, 0.29) is 0 Å². The van der Waals surface area contributed by atoms with Crippen molar-refractivity contribution in [3.05, 3.63) is 11.6 Å². The van der Waals surface area contributed by atoms with Gasteiger partial charge in [0.05, 0.1) is 0 Å². The van der Waals surface area contributed by atoms with Gasteiger partial charge in [0.15, 0.2) is 5.13 Å². The second-order valence-electron chi connectivity index (χ2n) is 4.72. The predicted molar refractivity (Wildman–Crippen MR) is 66.9 cm³/mol. The van der Waals surface area contributed by atoms with E-state index in [1.54, 1.807) is 11.3 Å². The highest BCUT2D eigenvalue weighted by Gasteiger charge is 2.33. The van der Waals surface area contributed by atoms with Crippen molar-refractivity contribution in [3.8, 4) is 0 Å². The smallest absolute Gasteiger partial charge is 0.185 e. The highest BCUT2D eigenvalue weighted by molar-refractivity contribution is 7.13. The average molecular weight is 238 g/mol. The van der Waals surface area contributed by atoms with Crippen LogP contribution in [0, 0.1) is 0 Å². The van der Waals surface area contributed by atoms with Gasteiger partial charge in [-0.05, 0) is 12.8 Å². The van der Waals surface area contributed by atoms with Crippen molar-refractivity contribution in [2.75, 3.05) is 31.1 Å². The van der Waals surface area contributed by atoms with E-state index in [2.05, 4.69) is 14.8 Å². The summed E-state index contributed by atoms with van der Waals surface area (Å²) in [7, 11) is 0. The number of hydrogen-bond donors (Lipinski definition) is 1. The van der Waals surface area contributed by atoms with Crippen LogP contribution in [0.2, 0.25) is 0 Å². The van der Waals surface area contributed by atoms with Crippen LogP contribution in [0.3, 0.4) is 0 Å². The molecule has 0 aromatic carbocycles. The molecular formula is C11H18N4S. The van der Waals surface area contributed by atoms with Gasteiger partial charge < -0.3 is 10.6 Å². The van der Waals surface area contributed by atoms with Crippen molar-refractivity contribution in [3.63, 3.8) is 0 Å². The lowest BCUT2D eigenvalue weighted by atomic mass is 9.86. The van der Waals surface area contributed by atoms with Crippen molar-refractivity contribution in [2.24, 2.45) is 5.73 Å². The van der Waals surface area contributed by atoms with Gasteiger partial charge in [-0.2, -0.15) is 0 Å². The summed E-state index contributed by atoms with van der Waals surface area (Å²) in [6.45, 7) is 4.55. The summed E-state index contributed by atoms with van der Waals surface area (Å²) < 4.78 is 0. The van der Waals surface area contributed by atoms with E-state index in [0.29, 0.717) is 6.04 Å². The summed E-state index contributed by atoms with van der Waals surface area (Å²) in [5, 5.41) is 3.22. The second-order valence-corrected chi connectivity index (χ2v) is 5.60. The van der Waals surface area contributed by atoms with Gasteiger partial charge in [-0.25, -0.2) is 4.98 Å². The quantitative estimate of drug-likeness (QED) is 0.826. The first-order valence-electron chi connectivity index (χ1n) is 5.97. The fourth-order valence-electron chi connectivity index (χ4n) is 2.58. The van der Waals surface area contributed by atoms with Crippen LogP contribution in [-0.4, -0.2) is 48.1 Å². The lowest BCUT2D eigenvalue weighted by Gasteiger charge is -2.45. The summed E-state index contributed by atoms with van der Waals surface area (Å²) in [5.41, 5.74) is 5.83. The molecule has 0 amide bonds. The van der Waals surface area contributed by atoms with Gasteiger partial charge in [0.2, 0.25) is 0 Å². The molecule has 1 aromatic rings. The number of hydrogen-bond acceptors (Lipinski definition) is 5. The van der Waals surface area contributed by atoms with Crippen molar-refractivity contribution in [1.29, 1.82) is 0 Å². The van der Waals surface area contributed by atoms with E-state index in [0.717, 1.165) is 32.2 Å². The van der Waals surface area contributed by atoms with Crippen molar-refractivity contribution >= 4 is 16.5 Å². The van der Waals surface area contributed by atoms with Crippen LogP contribution in [0.4, 0.5) is 5.13 Å². The Morgan fingerprint density at radius 1 is 1.25 bits per heavy atom. The SMILES string of the molecule is NC1CC(N2CCN(c3nccs3)CC2)C1. The zero-order valence-electron chi connectivity index (χ0n) is 9.38. The van der Waals surface area contributed by atoms with E-state index < -0.39 is 0 Å². The molecule has 1 aromatic heterocycles. The molecule has 1 aliphatic heterocycles. The van der Waals surface area contributed by atoms with Crippen LogP contribution in [0.1, 0.15) is 12.8 Å². The van der Waals surface area contributed by atoms with Crippen LogP contribution in [-0.2, 0) is 0 Å². The van der Waals surface area contributed by atoms with Gasteiger partial charge >= 0.3 is 0 Å². The zero-order valence-corrected chi connectivity index (χ0v) is 10.2. The van der Waals surface area contributed by atoms with Crippen LogP contribution in [0.5, 0.6) is 0 Å². The minimum absolute atomic E-state index is 0.460. The van der Waals surface area contributed by atoms with Gasteiger partial charge in [-0.1, -0.05) is 0 Å². The molecule has 0 unspecified atom stereocenters. The molecule has 1 saturated heterocycles. The largest absolute Gasteiger partial charge is 0.346 e. The number of aromatic nitrogens is 1. The Hall–Kier alpha value is -0.650. The van der Waals surface area contributed by atoms with Gasteiger partial charge in [-0.3, -0.25) is 4.90 Å². The molecule has 0 atom stereocenters. The minimum atomic E-state index is 0.460. The topological polar surface area (TPSA) is 45.4 Å². The molecule has 2 fully saturated rings. The average Bonchev–Trinajstić information content (AvgIpc) is 2.79. The number of nitrogens with zero attached hydrogens (tertiary/aromatic N) is 3. The molecule has 5 heteroatoms. The van der Waals surface area contributed by atoms with Gasteiger partial charge in [0.1, 0.15) is 0 Å². The molecule has 1 aliphatic carbocycles. The third-order valence-electron chi connectivity index (χ3n) is 3.67. The van der Waals surface area contributed by atoms with E-state index >= 15 is 0 Å². The molecule has 3 rings (SSSR count). The maximum absolute atomic E-state index is 5.83. The molecule has 0 spiro atoms. The minimum Gasteiger partial charge on any atom is -0.346 e. The number of anilines is 1. The summed E-state index contributed by atoms with van der Waals surface area (Å²) in [4.78, 5) is 9.34. The third-order valence-corrected chi connectivity index (χ3v) is 4.50. The van der Waals surface area contributed by atoms with Gasteiger partial charge in [0, 0.05) is 49.8 Å². The highest BCUT2D eigenvalue weighted by atomic mass is 32.1. The number of rotatable bonds is 2. The molecule has 4 nitrogen and oxygen atoms in total. The predicted octanol–water partition coefficient (Wildman–Crippen LogP) is 0.755. The molecule has 88 valence electrons. The molecule has 2 N–H and O–H groups in total. The molecule has 2 aliphatic rings. The number of nitrogens with two attached hydrogens (primary N) is 1. The first kappa shape index (κ1) is 10.5. The Balaban J connectivity index is 1.52. The zero-order chi connectivity index (χ0) is 11.0. The number of thiazole rings is 1. The standard InChI is InChI=1S/C11H18N4S/c12-9-7-10(8-9)14-2-4-15(5-3-14)11-13-1-6-16-11/h1,6,9-10H,2-5,7-8,12H2. The first-order valence-corrected chi connectivity index (χ1v) is 6.85. The van der Waals surface area contributed by atoms with Crippen molar-refractivity contribution in [1.82, 2.24) is 9.88 Å². The molecule has 0 radical (unpaired) electrons. The van der Waals surface area contributed by atoms with E-state index in [1.165, 1.54) is 18.0 Å².